The van der Waals surface area contributed by atoms with Crippen LogP contribution in [0.25, 0.3) is 10.8 Å². The van der Waals surface area contributed by atoms with E-state index in [0.29, 0.717) is 18.7 Å². The summed E-state index contributed by atoms with van der Waals surface area (Å²) in [6, 6.07) is 21.8. The van der Waals surface area contributed by atoms with Gasteiger partial charge < -0.3 is 31.7 Å². The lowest BCUT2D eigenvalue weighted by atomic mass is 10.1. The Morgan fingerprint density at radius 2 is 1.38 bits per heavy atom. The Hall–Kier alpha value is -4.29. The second-order valence-corrected chi connectivity index (χ2v) is 11.2. The number of unbranched alkanes of at least 4 members (excludes halogenated alkanes) is 1. The lowest BCUT2D eigenvalue weighted by Crippen LogP contribution is -2.25. The number of benzene rings is 4. The molecule has 0 unspecified atom stereocenters. The highest BCUT2D eigenvalue weighted by atomic mass is 35.5. The quantitative estimate of drug-likeness (QED) is 0.0638. The molecule has 258 valence electrons. The summed E-state index contributed by atoms with van der Waals surface area (Å²) in [6.07, 6.45) is 3.05. The maximum Gasteiger partial charge on any atom is 0.411 e. The SMILES string of the molecule is Cl.NCCCNCCCCNCCCNc1cc(NC(=O)OCc2ccc3ccccc3c2)c(C(=O)NCc2ccc(F)cc2)cc1F. The second kappa shape index (κ2) is 20.8. The zero-order valence-electron chi connectivity index (χ0n) is 27.0. The Kier molecular flexibility index (Phi) is 16.6. The molecule has 9 nitrogen and oxygen atoms in total. The molecule has 0 aliphatic carbocycles. The lowest BCUT2D eigenvalue weighted by Gasteiger charge is -2.16. The molecule has 0 saturated heterocycles. The smallest absolute Gasteiger partial charge is 0.411 e. The number of hydrogen-bond donors (Lipinski definition) is 6. The van der Waals surface area contributed by atoms with E-state index >= 15 is 4.39 Å². The number of halogens is 3. The summed E-state index contributed by atoms with van der Waals surface area (Å²) in [5.74, 6) is -1.64. The molecule has 0 aliphatic heterocycles. The molecule has 4 rings (SSSR count). The monoisotopic (exact) mass is 682 g/mol. The lowest BCUT2D eigenvalue weighted by molar-refractivity contribution is 0.0951. The Morgan fingerprint density at radius 1 is 0.708 bits per heavy atom. The van der Waals surface area contributed by atoms with Crippen molar-refractivity contribution in [1.82, 2.24) is 16.0 Å². The summed E-state index contributed by atoms with van der Waals surface area (Å²) in [5.41, 5.74) is 7.12. The number of carbonyl (C=O) groups is 2. The van der Waals surface area contributed by atoms with E-state index < -0.39 is 23.6 Å². The van der Waals surface area contributed by atoms with Crippen molar-refractivity contribution in [2.24, 2.45) is 5.73 Å². The highest BCUT2D eigenvalue weighted by Gasteiger charge is 2.19. The van der Waals surface area contributed by atoms with Crippen LogP contribution >= 0.6 is 12.4 Å². The van der Waals surface area contributed by atoms with Gasteiger partial charge in [0.05, 0.1) is 16.9 Å². The number of anilines is 2. The Morgan fingerprint density at radius 3 is 2.10 bits per heavy atom. The molecule has 0 fully saturated rings. The predicted molar refractivity (Wildman–Crippen MR) is 191 cm³/mol. The fourth-order valence-corrected chi connectivity index (χ4v) is 4.92. The highest BCUT2D eigenvalue weighted by Crippen LogP contribution is 2.26. The maximum absolute atomic E-state index is 15.2. The highest BCUT2D eigenvalue weighted by molar-refractivity contribution is 6.03. The van der Waals surface area contributed by atoms with Crippen LogP contribution in [-0.4, -0.2) is 51.3 Å². The van der Waals surface area contributed by atoms with Gasteiger partial charge in [-0.3, -0.25) is 10.1 Å². The minimum atomic E-state index is -0.790. The summed E-state index contributed by atoms with van der Waals surface area (Å²) >= 11 is 0. The van der Waals surface area contributed by atoms with Crippen molar-refractivity contribution in [3.8, 4) is 0 Å². The van der Waals surface area contributed by atoms with Gasteiger partial charge in [-0.05, 0) is 111 Å². The van der Waals surface area contributed by atoms with Crippen molar-refractivity contribution < 1.29 is 23.1 Å². The number of nitrogens with two attached hydrogens (primary N) is 1. The molecular weight excluding hydrogens is 638 g/mol. The van der Waals surface area contributed by atoms with Crippen molar-refractivity contribution >= 4 is 46.6 Å². The number of fused-ring (bicyclic) bond motifs is 1. The second-order valence-electron chi connectivity index (χ2n) is 11.2. The molecule has 0 atom stereocenters. The van der Waals surface area contributed by atoms with Gasteiger partial charge in [0, 0.05) is 13.1 Å². The van der Waals surface area contributed by atoms with Crippen LogP contribution in [0.2, 0.25) is 0 Å². The van der Waals surface area contributed by atoms with E-state index in [1.54, 1.807) is 12.1 Å². The third-order valence-electron chi connectivity index (χ3n) is 7.50. The van der Waals surface area contributed by atoms with Gasteiger partial charge in [0.1, 0.15) is 18.2 Å². The summed E-state index contributed by atoms with van der Waals surface area (Å²) < 4.78 is 33.9. The molecule has 0 radical (unpaired) electrons. The normalized spacial score (nSPS) is 10.7. The van der Waals surface area contributed by atoms with E-state index in [4.69, 9.17) is 10.5 Å². The van der Waals surface area contributed by atoms with Gasteiger partial charge in [-0.15, -0.1) is 12.4 Å². The van der Waals surface area contributed by atoms with Crippen LogP contribution in [0.4, 0.5) is 25.0 Å². The molecule has 12 heteroatoms. The van der Waals surface area contributed by atoms with Gasteiger partial charge in [-0.25, -0.2) is 13.6 Å². The van der Waals surface area contributed by atoms with Crippen LogP contribution in [0.5, 0.6) is 0 Å². The average Bonchev–Trinajstić information content (AvgIpc) is 3.08. The molecule has 7 N–H and O–H groups in total. The molecule has 0 saturated carbocycles. The van der Waals surface area contributed by atoms with E-state index in [2.05, 4.69) is 26.6 Å². The van der Waals surface area contributed by atoms with Crippen molar-refractivity contribution in [2.75, 3.05) is 49.9 Å². The van der Waals surface area contributed by atoms with Gasteiger partial charge in [0.15, 0.2) is 0 Å². The standard InChI is InChI=1S/C36H44F2N6O3.ClH/c37-30-13-10-26(11-14-30)24-43-35(45)31-22-32(38)34(42-20-6-19-41-17-4-3-16-40-18-5-15-39)23-33(31)44-36(46)47-25-27-9-12-28-7-1-2-8-29(28)21-27;/h1-2,7-14,21-23,40-42H,3-6,15-20,24-25,39H2,(H,43,45)(H,44,46);1H. The number of nitrogens with one attached hydrogen (secondary N) is 5. The van der Waals surface area contributed by atoms with Crippen molar-refractivity contribution in [2.45, 2.75) is 38.8 Å². The summed E-state index contributed by atoms with van der Waals surface area (Å²) in [5, 5.41) is 17.2. The average molecular weight is 683 g/mol. The van der Waals surface area contributed by atoms with Crippen molar-refractivity contribution in [3.05, 3.63) is 107 Å². The van der Waals surface area contributed by atoms with Crippen LogP contribution < -0.4 is 32.3 Å². The first-order chi connectivity index (χ1) is 22.9. The molecule has 0 heterocycles. The molecule has 0 aromatic heterocycles. The molecule has 0 aliphatic rings. The van der Waals surface area contributed by atoms with Crippen LogP contribution in [-0.2, 0) is 17.9 Å². The zero-order valence-corrected chi connectivity index (χ0v) is 27.8. The molecule has 0 spiro atoms. The minimum absolute atomic E-state index is 0. The van der Waals surface area contributed by atoms with E-state index in [1.165, 1.54) is 18.2 Å². The first-order valence-corrected chi connectivity index (χ1v) is 16.1. The maximum atomic E-state index is 15.2. The number of rotatable bonds is 19. The summed E-state index contributed by atoms with van der Waals surface area (Å²) in [6.45, 7) is 4.83. The van der Waals surface area contributed by atoms with E-state index in [-0.39, 0.29) is 42.5 Å². The number of carbonyl (C=O) groups excluding carboxylic acids is 2. The van der Waals surface area contributed by atoms with Gasteiger partial charge in [-0.1, -0.05) is 48.5 Å². The molecular formula is C36H45ClF2N6O3. The Bertz CT molecular complexity index is 1590. The topological polar surface area (TPSA) is 130 Å². The minimum Gasteiger partial charge on any atom is -0.444 e. The number of ether oxygens (including phenoxy) is 1. The van der Waals surface area contributed by atoms with Crippen LogP contribution in [0.3, 0.4) is 0 Å². The third-order valence-corrected chi connectivity index (χ3v) is 7.50. The van der Waals surface area contributed by atoms with Crippen LogP contribution in [0.15, 0.2) is 78.9 Å². The molecule has 4 aromatic rings. The molecule has 2 amide bonds. The van der Waals surface area contributed by atoms with E-state index in [9.17, 15) is 14.0 Å². The first-order valence-electron chi connectivity index (χ1n) is 16.1. The van der Waals surface area contributed by atoms with Gasteiger partial charge >= 0.3 is 6.09 Å². The van der Waals surface area contributed by atoms with Crippen molar-refractivity contribution in [3.63, 3.8) is 0 Å². The largest absolute Gasteiger partial charge is 0.444 e. The van der Waals surface area contributed by atoms with E-state index in [1.807, 2.05) is 42.5 Å². The van der Waals surface area contributed by atoms with Gasteiger partial charge in [0.25, 0.3) is 5.91 Å². The number of amides is 2. The van der Waals surface area contributed by atoms with Crippen LogP contribution in [0, 0.1) is 11.6 Å². The molecule has 4 aromatic carbocycles. The number of hydrogen-bond acceptors (Lipinski definition) is 7. The van der Waals surface area contributed by atoms with Crippen LogP contribution in [0.1, 0.15) is 47.2 Å². The third kappa shape index (κ3) is 12.7. The van der Waals surface area contributed by atoms with Gasteiger partial charge in [0.2, 0.25) is 0 Å². The predicted octanol–water partition coefficient (Wildman–Crippen LogP) is 6.33. The Balaban J connectivity index is 0.00000625. The fourth-order valence-electron chi connectivity index (χ4n) is 4.92. The molecule has 48 heavy (non-hydrogen) atoms. The van der Waals surface area contributed by atoms with E-state index in [0.717, 1.165) is 74.3 Å². The van der Waals surface area contributed by atoms with Gasteiger partial charge in [-0.2, -0.15) is 0 Å². The fraction of sp³-hybridized carbons (Fsp3) is 0.333. The Labute approximate surface area is 286 Å². The molecule has 0 bridgehead atoms. The van der Waals surface area contributed by atoms with Crippen molar-refractivity contribution in [1.29, 1.82) is 0 Å². The summed E-state index contributed by atoms with van der Waals surface area (Å²) in [4.78, 5) is 26.0. The zero-order chi connectivity index (χ0) is 33.3. The summed E-state index contributed by atoms with van der Waals surface area (Å²) in [7, 11) is 0. The first kappa shape index (κ1) is 38.2.